The smallest absolute Gasteiger partial charge is 0.137 e. The second kappa shape index (κ2) is 9.48. The normalized spacial score (nSPS) is 33.4. The molecule has 0 bridgehead atoms. The van der Waals surface area contributed by atoms with E-state index in [2.05, 4.69) is 0 Å². The molecular weight excluding hydrogens is 424 g/mol. The lowest BCUT2D eigenvalue weighted by molar-refractivity contribution is -0.238. The molecule has 0 saturated carbocycles. The molecule has 8 heteroatoms. The molecule has 1 unspecified atom stereocenters. The number of ether oxygens (including phenoxy) is 3. The van der Waals surface area contributed by atoms with Crippen LogP contribution in [0.25, 0.3) is 0 Å². The third-order valence-corrected chi connectivity index (χ3v) is 6.75. The standard InChI is InChI=1S/C23H29ClO7/c1-2-29-14-5-3-12(4-6-14)9-13-10-16(15-7-8-30-22(15)18(13)24)23-21(28)20(27)19(26)17(11-25)31-23/h3-6,16-17,19-21,23,25-28H,2,7-11H2,1H3/t16?,17-,19-,20+,21-,23+/m1/s1. The fourth-order valence-corrected chi connectivity index (χ4v) is 5.03. The van der Waals surface area contributed by atoms with E-state index in [4.69, 9.17) is 25.8 Å². The highest BCUT2D eigenvalue weighted by molar-refractivity contribution is 6.32. The summed E-state index contributed by atoms with van der Waals surface area (Å²) >= 11 is 6.70. The molecule has 31 heavy (non-hydrogen) atoms. The summed E-state index contributed by atoms with van der Waals surface area (Å²) in [5.74, 6) is 1.15. The summed E-state index contributed by atoms with van der Waals surface area (Å²) in [5.41, 5.74) is 2.96. The first-order valence-electron chi connectivity index (χ1n) is 10.7. The van der Waals surface area contributed by atoms with Crippen molar-refractivity contribution in [3.05, 3.63) is 51.8 Å². The van der Waals surface area contributed by atoms with Gasteiger partial charge in [-0.05, 0) is 48.6 Å². The summed E-state index contributed by atoms with van der Waals surface area (Å²) in [6.45, 7) is 2.58. The van der Waals surface area contributed by atoms with Gasteiger partial charge in [-0.3, -0.25) is 0 Å². The van der Waals surface area contributed by atoms with E-state index in [1.165, 1.54) is 0 Å². The highest BCUT2D eigenvalue weighted by atomic mass is 35.5. The highest BCUT2D eigenvalue weighted by Gasteiger charge is 2.49. The molecule has 7 nitrogen and oxygen atoms in total. The summed E-state index contributed by atoms with van der Waals surface area (Å²) < 4.78 is 17.2. The van der Waals surface area contributed by atoms with Gasteiger partial charge in [0.25, 0.3) is 0 Å². The van der Waals surface area contributed by atoms with Crippen molar-refractivity contribution < 1.29 is 34.6 Å². The third-order valence-electron chi connectivity index (χ3n) is 6.31. The molecule has 6 atom stereocenters. The maximum absolute atomic E-state index is 10.7. The van der Waals surface area contributed by atoms with Gasteiger partial charge in [0.1, 0.15) is 35.9 Å². The molecule has 0 aromatic heterocycles. The summed E-state index contributed by atoms with van der Waals surface area (Å²) in [6.07, 6.45) is -4.03. The number of benzene rings is 1. The Bertz CT molecular complexity index is 848. The number of hydrogen-bond acceptors (Lipinski definition) is 7. The number of rotatable bonds is 6. The fourth-order valence-electron chi connectivity index (χ4n) is 4.71. The van der Waals surface area contributed by atoms with Gasteiger partial charge < -0.3 is 34.6 Å². The Balaban J connectivity index is 1.60. The summed E-state index contributed by atoms with van der Waals surface area (Å²) in [4.78, 5) is 0. The molecule has 3 aliphatic rings. The zero-order valence-electron chi connectivity index (χ0n) is 17.4. The maximum atomic E-state index is 10.7. The van der Waals surface area contributed by atoms with Crippen LogP contribution in [0, 0.1) is 5.92 Å². The van der Waals surface area contributed by atoms with Crippen molar-refractivity contribution in [2.24, 2.45) is 5.92 Å². The zero-order valence-corrected chi connectivity index (χ0v) is 18.2. The van der Waals surface area contributed by atoms with Gasteiger partial charge in [-0.25, -0.2) is 0 Å². The Labute approximate surface area is 186 Å². The second-order valence-corrected chi connectivity index (χ2v) is 8.61. The lowest BCUT2D eigenvalue weighted by atomic mass is 9.76. The molecule has 1 aromatic rings. The van der Waals surface area contributed by atoms with Crippen molar-refractivity contribution in [2.75, 3.05) is 19.8 Å². The van der Waals surface area contributed by atoms with Gasteiger partial charge in [0.05, 0.1) is 31.0 Å². The lowest BCUT2D eigenvalue weighted by Crippen LogP contribution is -2.60. The van der Waals surface area contributed by atoms with Crippen LogP contribution in [-0.4, -0.2) is 70.8 Å². The fraction of sp³-hybridized carbons (Fsp3) is 0.565. The van der Waals surface area contributed by atoms with Crippen molar-refractivity contribution in [1.29, 1.82) is 0 Å². The Morgan fingerprint density at radius 1 is 1.10 bits per heavy atom. The number of hydrogen-bond donors (Lipinski definition) is 4. The minimum absolute atomic E-state index is 0.274. The molecule has 1 aliphatic carbocycles. The summed E-state index contributed by atoms with van der Waals surface area (Å²) in [5, 5.41) is 41.2. The predicted octanol–water partition coefficient (Wildman–Crippen LogP) is 1.66. The third kappa shape index (κ3) is 4.35. The molecule has 0 spiro atoms. The van der Waals surface area contributed by atoms with Gasteiger partial charge in [-0.2, -0.15) is 0 Å². The van der Waals surface area contributed by atoms with E-state index in [0.717, 1.165) is 22.5 Å². The molecule has 4 N–H and O–H groups in total. The minimum Gasteiger partial charge on any atom is -0.494 e. The molecule has 170 valence electrons. The monoisotopic (exact) mass is 452 g/mol. The van der Waals surface area contributed by atoms with Crippen molar-refractivity contribution in [1.82, 2.24) is 0 Å². The summed E-state index contributed by atoms with van der Waals surface area (Å²) in [6, 6.07) is 7.82. The Morgan fingerprint density at radius 3 is 2.52 bits per heavy atom. The first kappa shape index (κ1) is 22.6. The van der Waals surface area contributed by atoms with Crippen LogP contribution in [0.15, 0.2) is 46.2 Å². The van der Waals surface area contributed by atoms with E-state index in [1.807, 2.05) is 31.2 Å². The van der Waals surface area contributed by atoms with Crippen LogP contribution in [-0.2, 0) is 15.9 Å². The van der Waals surface area contributed by atoms with Gasteiger partial charge in [-0.15, -0.1) is 0 Å². The molecule has 2 aliphatic heterocycles. The zero-order chi connectivity index (χ0) is 22.1. The molecule has 1 aromatic carbocycles. The number of halogens is 1. The number of aliphatic hydroxyl groups excluding tert-OH is 4. The van der Waals surface area contributed by atoms with E-state index >= 15 is 0 Å². The van der Waals surface area contributed by atoms with Crippen LogP contribution in [0.1, 0.15) is 25.3 Å². The number of allylic oxidation sites excluding steroid dienone is 2. The predicted molar refractivity (Wildman–Crippen MR) is 114 cm³/mol. The molecular formula is C23H29ClO7. The Hall–Kier alpha value is -1.61. The van der Waals surface area contributed by atoms with Crippen LogP contribution in [0.4, 0.5) is 0 Å². The van der Waals surface area contributed by atoms with Crippen molar-refractivity contribution >= 4 is 11.6 Å². The SMILES string of the molecule is CCOc1ccc(CC2=C(Cl)C3=C(CCO3)C([C@@H]3O[C@H](CO)[C@@H](O)[C@H](O)[C@H]3O)C2)cc1. The van der Waals surface area contributed by atoms with E-state index in [0.29, 0.717) is 43.3 Å². The highest BCUT2D eigenvalue weighted by Crippen LogP contribution is 2.46. The van der Waals surface area contributed by atoms with E-state index in [1.54, 1.807) is 0 Å². The Morgan fingerprint density at radius 2 is 1.84 bits per heavy atom. The molecule has 1 fully saturated rings. The van der Waals surface area contributed by atoms with Gasteiger partial charge in [-0.1, -0.05) is 23.7 Å². The van der Waals surface area contributed by atoms with Crippen LogP contribution >= 0.6 is 11.6 Å². The largest absolute Gasteiger partial charge is 0.494 e. The van der Waals surface area contributed by atoms with Crippen LogP contribution in [0.5, 0.6) is 5.75 Å². The van der Waals surface area contributed by atoms with Gasteiger partial charge in [0.2, 0.25) is 0 Å². The van der Waals surface area contributed by atoms with Gasteiger partial charge >= 0.3 is 0 Å². The summed E-state index contributed by atoms with van der Waals surface area (Å²) in [7, 11) is 0. The molecule has 2 heterocycles. The lowest BCUT2D eigenvalue weighted by Gasteiger charge is -2.44. The number of aliphatic hydroxyl groups is 4. The van der Waals surface area contributed by atoms with Gasteiger partial charge in [0.15, 0.2) is 0 Å². The first-order chi connectivity index (χ1) is 14.9. The minimum atomic E-state index is -1.40. The molecule has 0 radical (unpaired) electrons. The Kier molecular flexibility index (Phi) is 6.91. The van der Waals surface area contributed by atoms with E-state index in [9.17, 15) is 20.4 Å². The van der Waals surface area contributed by atoms with E-state index in [-0.39, 0.29) is 5.92 Å². The maximum Gasteiger partial charge on any atom is 0.137 e. The van der Waals surface area contributed by atoms with Crippen LogP contribution in [0.2, 0.25) is 0 Å². The van der Waals surface area contributed by atoms with E-state index < -0.39 is 37.1 Å². The quantitative estimate of drug-likeness (QED) is 0.519. The van der Waals surface area contributed by atoms with Crippen molar-refractivity contribution in [3.8, 4) is 5.75 Å². The van der Waals surface area contributed by atoms with Crippen molar-refractivity contribution in [2.45, 2.75) is 56.7 Å². The van der Waals surface area contributed by atoms with Crippen LogP contribution in [0.3, 0.4) is 0 Å². The molecule has 0 amide bonds. The first-order valence-corrected chi connectivity index (χ1v) is 11.1. The van der Waals surface area contributed by atoms with Crippen LogP contribution < -0.4 is 4.74 Å². The topological polar surface area (TPSA) is 109 Å². The van der Waals surface area contributed by atoms with Gasteiger partial charge in [0, 0.05) is 12.3 Å². The molecule has 4 rings (SSSR count). The van der Waals surface area contributed by atoms with Crippen molar-refractivity contribution in [3.63, 3.8) is 0 Å². The molecule has 1 saturated heterocycles. The second-order valence-electron chi connectivity index (χ2n) is 8.23. The average molecular weight is 453 g/mol. The average Bonchev–Trinajstić information content (AvgIpc) is 3.27.